The first-order chi connectivity index (χ1) is 13.1. The molecule has 0 radical (unpaired) electrons. The molecule has 0 spiro atoms. The minimum Gasteiger partial charge on any atom is -0.489 e. The molecule has 1 heterocycles. The molecule has 1 aliphatic heterocycles. The third-order valence-electron chi connectivity index (χ3n) is 4.78. The number of rotatable bonds is 5. The Morgan fingerprint density at radius 2 is 1.70 bits per heavy atom. The normalized spacial score (nSPS) is 14.4. The number of amides is 2. The van der Waals surface area contributed by atoms with Gasteiger partial charge in [0.2, 0.25) is 0 Å². The lowest BCUT2D eigenvalue weighted by Gasteiger charge is -2.37. The summed E-state index contributed by atoms with van der Waals surface area (Å²) in [6.45, 7) is 9.13. The number of para-hydroxylation sites is 3. The number of hydrogen-bond donors (Lipinski definition) is 1. The van der Waals surface area contributed by atoms with Crippen LogP contribution in [-0.2, 0) is 6.42 Å². The molecular formula is C22H29N3O2. The van der Waals surface area contributed by atoms with Crippen LogP contribution >= 0.6 is 0 Å². The summed E-state index contributed by atoms with van der Waals surface area (Å²) in [7, 11) is 0. The number of carbonyl (C=O) groups excluding carboxylic acids is 1. The summed E-state index contributed by atoms with van der Waals surface area (Å²) < 4.78 is 5.94. The van der Waals surface area contributed by atoms with Gasteiger partial charge in [0.1, 0.15) is 5.75 Å². The lowest BCUT2D eigenvalue weighted by molar-refractivity contribution is 0.207. The van der Waals surface area contributed by atoms with Crippen LogP contribution in [0, 0.1) is 0 Å². The summed E-state index contributed by atoms with van der Waals surface area (Å²) >= 11 is 0. The number of aryl methyl sites for hydroxylation is 1. The van der Waals surface area contributed by atoms with E-state index in [1.165, 1.54) is 0 Å². The Morgan fingerprint density at radius 3 is 2.41 bits per heavy atom. The highest BCUT2D eigenvalue weighted by Crippen LogP contribution is 2.29. The second kappa shape index (κ2) is 8.80. The largest absolute Gasteiger partial charge is 0.489 e. The Labute approximate surface area is 161 Å². The van der Waals surface area contributed by atoms with Crippen molar-refractivity contribution >= 4 is 17.4 Å². The van der Waals surface area contributed by atoms with Gasteiger partial charge in [0.15, 0.2) is 0 Å². The van der Waals surface area contributed by atoms with Crippen molar-refractivity contribution in [2.75, 3.05) is 36.4 Å². The maximum Gasteiger partial charge on any atom is 0.321 e. The van der Waals surface area contributed by atoms with Gasteiger partial charge in [-0.3, -0.25) is 0 Å². The van der Waals surface area contributed by atoms with Crippen LogP contribution in [-0.4, -0.2) is 43.2 Å². The van der Waals surface area contributed by atoms with Gasteiger partial charge in [-0.15, -0.1) is 0 Å². The summed E-state index contributed by atoms with van der Waals surface area (Å²) in [5.41, 5.74) is 3.16. The minimum absolute atomic E-state index is 0.0257. The average molecular weight is 367 g/mol. The average Bonchev–Trinajstić information content (AvgIpc) is 2.68. The SMILES string of the molecule is CCc1ccccc1NC(=O)N1CCN(c2ccccc2OC(C)C)CC1. The quantitative estimate of drug-likeness (QED) is 0.852. The van der Waals surface area contributed by atoms with Crippen LogP contribution in [0.1, 0.15) is 26.3 Å². The molecule has 0 atom stereocenters. The molecule has 2 amide bonds. The zero-order valence-electron chi connectivity index (χ0n) is 16.4. The molecule has 0 aromatic heterocycles. The second-order valence-corrected chi connectivity index (χ2v) is 7.05. The molecule has 144 valence electrons. The number of piperazine rings is 1. The predicted molar refractivity (Wildman–Crippen MR) is 111 cm³/mol. The van der Waals surface area contributed by atoms with Crippen molar-refractivity contribution in [3.8, 4) is 5.75 Å². The van der Waals surface area contributed by atoms with E-state index in [0.29, 0.717) is 13.1 Å². The molecule has 5 heteroatoms. The third-order valence-corrected chi connectivity index (χ3v) is 4.78. The van der Waals surface area contributed by atoms with Crippen molar-refractivity contribution in [3.63, 3.8) is 0 Å². The Balaban J connectivity index is 1.61. The number of hydrogen-bond acceptors (Lipinski definition) is 3. The number of carbonyl (C=O) groups is 1. The Kier molecular flexibility index (Phi) is 6.22. The van der Waals surface area contributed by atoms with Gasteiger partial charge in [-0.2, -0.15) is 0 Å². The van der Waals surface area contributed by atoms with Gasteiger partial charge in [0.05, 0.1) is 11.8 Å². The van der Waals surface area contributed by atoms with E-state index in [1.54, 1.807) is 0 Å². The van der Waals surface area contributed by atoms with E-state index < -0.39 is 0 Å². The maximum atomic E-state index is 12.7. The van der Waals surface area contributed by atoms with Gasteiger partial charge >= 0.3 is 6.03 Å². The monoisotopic (exact) mass is 367 g/mol. The summed E-state index contributed by atoms with van der Waals surface area (Å²) in [6.07, 6.45) is 1.04. The van der Waals surface area contributed by atoms with Gasteiger partial charge in [0, 0.05) is 31.9 Å². The molecule has 1 N–H and O–H groups in total. The molecule has 5 nitrogen and oxygen atoms in total. The molecule has 1 fully saturated rings. The fourth-order valence-electron chi connectivity index (χ4n) is 3.37. The van der Waals surface area contributed by atoms with Crippen molar-refractivity contribution < 1.29 is 9.53 Å². The fraction of sp³-hybridized carbons (Fsp3) is 0.409. The van der Waals surface area contributed by atoms with Crippen molar-refractivity contribution in [1.29, 1.82) is 0 Å². The zero-order valence-corrected chi connectivity index (χ0v) is 16.4. The topological polar surface area (TPSA) is 44.8 Å². The molecule has 0 aliphatic carbocycles. The molecular weight excluding hydrogens is 338 g/mol. The van der Waals surface area contributed by atoms with Crippen LogP contribution in [0.4, 0.5) is 16.2 Å². The van der Waals surface area contributed by atoms with Gasteiger partial charge in [-0.05, 0) is 44.0 Å². The van der Waals surface area contributed by atoms with E-state index in [-0.39, 0.29) is 12.1 Å². The molecule has 0 bridgehead atoms. The number of nitrogens with one attached hydrogen (secondary N) is 1. The molecule has 0 saturated carbocycles. The van der Waals surface area contributed by atoms with Crippen molar-refractivity contribution in [2.45, 2.75) is 33.3 Å². The standard InChI is InChI=1S/C22H29N3O2/c1-4-18-9-5-6-10-19(18)23-22(26)25-15-13-24(14-16-25)20-11-7-8-12-21(20)27-17(2)3/h5-12,17H,4,13-16H2,1-3H3,(H,23,26). The van der Waals surface area contributed by atoms with Crippen molar-refractivity contribution in [1.82, 2.24) is 4.90 Å². The highest BCUT2D eigenvalue weighted by Gasteiger charge is 2.23. The van der Waals surface area contributed by atoms with E-state index >= 15 is 0 Å². The summed E-state index contributed by atoms with van der Waals surface area (Å²) in [5.74, 6) is 0.905. The molecule has 3 rings (SSSR count). The third kappa shape index (κ3) is 4.73. The zero-order chi connectivity index (χ0) is 19.2. The van der Waals surface area contributed by atoms with Gasteiger partial charge in [-0.25, -0.2) is 4.79 Å². The Hall–Kier alpha value is -2.69. The highest BCUT2D eigenvalue weighted by molar-refractivity contribution is 5.90. The number of benzene rings is 2. The minimum atomic E-state index is -0.0257. The molecule has 27 heavy (non-hydrogen) atoms. The first-order valence-corrected chi connectivity index (χ1v) is 9.73. The molecule has 2 aromatic carbocycles. The maximum absolute atomic E-state index is 12.7. The summed E-state index contributed by atoms with van der Waals surface area (Å²) in [6, 6.07) is 16.1. The summed E-state index contributed by atoms with van der Waals surface area (Å²) in [4.78, 5) is 16.8. The molecule has 1 saturated heterocycles. The first kappa shape index (κ1) is 19.1. The molecule has 0 unspecified atom stereocenters. The first-order valence-electron chi connectivity index (χ1n) is 9.73. The van der Waals surface area contributed by atoms with E-state index in [0.717, 1.165) is 42.2 Å². The van der Waals surface area contributed by atoms with Crippen LogP contribution in [0.5, 0.6) is 5.75 Å². The number of nitrogens with zero attached hydrogens (tertiary/aromatic N) is 2. The number of anilines is 2. The second-order valence-electron chi connectivity index (χ2n) is 7.05. The van der Waals surface area contributed by atoms with E-state index in [9.17, 15) is 4.79 Å². The smallest absolute Gasteiger partial charge is 0.321 e. The van der Waals surface area contributed by atoms with Crippen LogP contribution in [0.3, 0.4) is 0 Å². The van der Waals surface area contributed by atoms with Gasteiger partial charge in [0.25, 0.3) is 0 Å². The van der Waals surface area contributed by atoms with E-state index in [4.69, 9.17) is 4.74 Å². The Morgan fingerprint density at radius 1 is 1.04 bits per heavy atom. The van der Waals surface area contributed by atoms with Crippen LogP contribution in [0.25, 0.3) is 0 Å². The van der Waals surface area contributed by atoms with E-state index in [1.807, 2.05) is 55.1 Å². The van der Waals surface area contributed by atoms with Gasteiger partial charge in [-0.1, -0.05) is 37.3 Å². The molecule has 1 aliphatic rings. The lowest BCUT2D eigenvalue weighted by Crippen LogP contribution is -2.50. The van der Waals surface area contributed by atoms with Crippen LogP contribution in [0.15, 0.2) is 48.5 Å². The molecule has 2 aromatic rings. The van der Waals surface area contributed by atoms with Crippen LogP contribution in [0.2, 0.25) is 0 Å². The van der Waals surface area contributed by atoms with Crippen molar-refractivity contribution in [2.24, 2.45) is 0 Å². The summed E-state index contributed by atoms with van der Waals surface area (Å²) in [5, 5.41) is 3.07. The fourth-order valence-corrected chi connectivity index (χ4v) is 3.37. The van der Waals surface area contributed by atoms with Crippen molar-refractivity contribution in [3.05, 3.63) is 54.1 Å². The predicted octanol–water partition coefficient (Wildman–Crippen LogP) is 4.39. The van der Waals surface area contributed by atoms with E-state index in [2.05, 4.69) is 29.3 Å². The highest BCUT2D eigenvalue weighted by atomic mass is 16.5. The van der Waals surface area contributed by atoms with Gasteiger partial charge < -0.3 is 19.9 Å². The lowest BCUT2D eigenvalue weighted by atomic mass is 10.1. The number of ether oxygens (including phenoxy) is 1. The Bertz CT molecular complexity index is 768. The van der Waals surface area contributed by atoms with Crippen LogP contribution < -0.4 is 15.0 Å². The number of urea groups is 1.